The molecule has 10 heteroatoms. The topological polar surface area (TPSA) is 95.2 Å². The van der Waals surface area contributed by atoms with Crippen molar-refractivity contribution in [2.45, 2.75) is 19.9 Å². The lowest BCUT2D eigenvalue weighted by atomic mass is 10.3. The molecule has 1 aliphatic heterocycles. The number of nitrogens with zero attached hydrogens (tertiary/aromatic N) is 4. The Bertz CT molecular complexity index is 587. The van der Waals surface area contributed by atoms with Crippen LogP contribution in [-0.4, -0.2) is 86.9 Å². The molecule has 2 rings (SSSR count). The van der Waals surface area contributed by atoms with Crippen molar-refractivity contribution < 1.29 is 14.1 Å². The molecule has 1 aromatic rings. The first-order valence-electron chi connectivity index (χ1n) is 9.04. The summed E-state index contributed by atoms with van der Waals surface area (Å²) in [4.78, 5) is 20.6. The number of carbonyl (C=O) groups excluding carboxylic acids is 1. The molecule has 0 unspecified atom stereocenters. The molecule has 0 saturated carbocycles. The molecule has 1 aliphatic rings. The number of aryl methyl sites for hydroxylation is 1. The van der Waals surface area contributed by atoms with E-state index in [1.54, 1.807) is 14.2 Å². The third-order valence-electron chi connectivity index (χ3n) is 4.27. The number of amides is 1. The molecule has 154 valence electrons. The SMILES string of the molecule is CCc1cc(CNC(=NC)N2CCN(CC(=O)NCCOC)CC2)on1.I. The van der Waals surface area contributed by atoms with Crippen molar-refractivity contribution in [2.24, 2.45) is 4.99 Å². The van der Waals surface area contributed by atoms with Gasteiger partial charge in [0.1, 0.15) is 0 Å². The molecule has 0 spiro atoms. The molecule has 9 nitrogen and oxygen atoms in total. The van der Waals surface area contributed by atoms with Crippen LogP contribution in [0.2, 0.25) is 0 Å². The summed E-state index contributed by atoms with van der Waals surface area (Å²) in [5.74, 6) is 1.67. The summed E-state index contributed by atoms with van der Waals surface area (Å²) in [6.07, 6.45) is 0.860. The highest BCUT2D eigenvalue weighted by atomic mass is 127. The molecule has 0 atom stereocenters. The molecule has 27 heavy (non-hydrogen) atoms. The number of halogens is 1. The minimum absolute atomic E-state index is 0. The Morgan fingerprint density at radius 2 is 2.07 bits per heavy atom. The predicted octanol–water partition coefficient (Wildman–Crippen LogP) is 0.311. The summed E-state index contributed by atoms with van der Waals surface area (Å²) < 4.78 is 10.2. The number of methoxy groups -OCH3 is 1. The molecule has 0 aliphatic carbocycles. The molecular formula is C17H31IN6O3. The normalized spacial score (nSPS) is 15.4. The van der Waals surface area contributed by atoms with E-state index in [1.165, 1.54) is 0 Å². The van der Waals surface area contributed by atoms with E-state index in [-0.39, 0.29) is 29.9 Å². The van der Waals surface area contributed by atoms with Crippen molar-refractivity contribution in [2.75, 3.05) is 60.0 Å². The van der Waals surface area contributed by atoms with Crippen molar-refractivity contribution in [1.82, 2.24) is 25.6 Å². The highest BCUT2D eigenvalue weighted by Crippen LogP contribution is 2.05. The van der Waals surface area contributed by atoms with Gasteiger partial charge in [0.05, 0.1) is 25.4 Å². The Balaban J connectivity index is 0.00000364. The number of aliphatic imine (C=N–C) groups is 1. The minimum atomic E-state index is 0. The third-order valence-corrected chi connectivity index (χ3v) is 4.27. The number of hydrogen-bond donors (Lipinski definition) is 2. The molecule has 1 fully saturated rings. The summed E-state index contributed by atoms with van der Waals surface area (Å²) in [5, 5.41) is 10.2. The molecule has 0 aromatic carbocycles. The second-order valence-electron chi connectivity index (χ2n) is 6.14. The zero-order valence-electron chi connectivity index (χ0n) is 16.4. The van der Waals surface area contributed by atoms with Gasteiger partial charge < -0.3 is 24.8 Å². The number of carbonyl (C=O) groups is 1. The first kappa shape index (κ1) is 23.6. The molecular weight excluding hydrogens is 463 g/mol. The fraction of sp³-hybridized carbons (Fsp3) is 0.706. The highest BCUT2D eigenvalue weighted by molar-refractivity contribution is 14.0. The molecule has 0 bridgehead atoms. The molecule has 2 heterocycles. The Hall–Kier alpha value is -1.40. The van der Waals surface area contributed by atoms with E-state index in [2.05, 4.69) is 30.6 Å². The standard InChI is InChI=1S/C17H30N6O3.HI/c1-4-14-11-15(26-21-14)12-20-17(18-2)23-8-6-22(7-9-23)13-16(24)19-5-10-25-3;/h11H,4-10,12-13H2,1-3H3,(H,18,20)(H,19,24);1H. The Kier molecular flexibility index (Phi) is 11.3. The van der Waals surface area contributed by atoms with E-state index in [4.69, 9.17) is 9.26 Å². The van der Waals surface area contributed by atoms with Gasteiger partial charge in [0.15, 0.2) is 11.7 Å². The van der Waals surface area contributed by atoms with Crippen LogP contribution >= 0.6 is 24.0 Å². The number of piperazine rings is 1. The fourth-order valence-electron chi connectivity index (χ4n) is 2.77. The van der Waals surface area contributed by atoms with Crippen LogP contribution in [0.4, 0.5) is 0 Å². The Labute approximate surface area is 177 Å². The molecule has 0 radical (unpaired) electrons. The number of nitrogens with one attached hydrogen (secondary N) is 2. The van der Waals surface area contributed by atoms with Crippen molar-refractivity contribution >= 4 is 35.8 Å². The lowest BCUT2D eigenvalue weighted by molar-refractivity contribution is -0.122. The van der Waals surface area contributed by atoms with Crippen LogP contribution in [0, 0.1) is 0 Å². The Morgan fingerprint density at radius 1 is 1.33 bits per heavy atom. The largest absolute Gasteiger partial charge is 0.383 e. The molecule has 1 amide bonds. The van der Waals surface area contributed by atoms with Crippen LogP contribution in [0.25, 0.3) is 0 Å². The van der Waals surface area contributed by atoms with Gasteiger partial charge in [0.2, 0.25) is 5.91 Å². The number of rotatable bonds is 8. The molecule has 2 N–H and O–H groups in total. The van der Waals surface area contributed by atoms with Gasteiger partial charge in [-0.3, -0.25) is 14.7 Å². The van der Waals surface area contributed by atoms with Crippen LogP contribution in [0.5, 0.6) is 0 Å². The number of hydrogen-bond acceptors (Lipinski definition) is 6. The second kappa shape index (κ2) is 12.9. The van der Waals surface area contributed by atoms with Gasteiger partial charge in [-0.15, -0.1) is 24.0 Å². The quantitative estimate of drug-likeness (QED) is 0.233. The van der Waals surface area contributed by atoms with E-state index in [1.807, 2.05) is 13.0 Å². The van der Waals surface area contributed by atoms with E-state index in [9.17, 15) is 4.79 Å². The average Bonchev–Trinajstić information content (AvgIpc) is 3.12. The highest BCUT2D eigenvalue weighted by Gasteiger charge is 2.21. The summed E-state index contributed by atoms with van der Waals surface area (Å²) in [6.45, 7) is 7.39. The van der Waals surface area contributed by atoms with Gasteiger partial charge in [0, 0.05) is 52.9 Å². The van der Waals surface area contributed by atoms with Crippen molar-refractivity contribution in [3.05, 3.63) is 17.5 Å². The summed E-state index contributed by atoms with van der Waals surface area (Å²) in [5.41, 5.74) is 0.953. The maximum Gasteiger partial charge on any atom is 0.234 e. The van der Waals surface area contributed by atoms with Gasteiger partial charge in [-0.2, -0.15) is 0 Å². The van der Waals surface area contributed by atoms with Crippen molar-refractivity contribution in [1.29, 1.82) is 0 Å². The maximum absolute atomic E-state index is 11.9. The van der Waals surface area contributed by atoms with Crippen LogP contribution in [0.1, 0.15) is 18.4 Å². The summed E-state index contributed by atoms with van der Waals surface area (Å²) >= 11 is 0. The number of aromatic nitrogens is 1. The van der Waals surface area contributed by atoms with Crippen molar-refractivity contribution in [3.8, 4) is 0 Å². The lowest BCUT2D eigenvalue weighted by Gasteiger charge is -2.36. The zero-order chi connectivity index (χ0) is 18.8. The van der Waals surface area contributed by atoms with E-state index >= 15 is 0 Å². The van der Waals surface area contributed by atoms with E-state index in [0.29, 0.717) is 26.2 Å². The lowest BCUT2D eigenvalue weighted by Crippen LogP contribution is -2.54. The first-order valence-corrected chi connectivity index (χ1v) is 9.04. The second-order valence-corrected chi connectivity index (χ2v) is 6.14. The summed E-state index contributed by atoms with van der Waals surface area (Å²) in [6, 6.07) is 1.96. The van der Waals surface area contributed by atoms with E-state index < -0.39 is 0 Å². The number of guanidine groups is 1. The Morgan fingerprint density at radius 3 is 2.67 bits per heavy atom. The van der Waals surface area contributed by atoms with Gasteiger partial charge in [-0.05, 0) is 6.42 Å². The van der Waals surface area contributed by atoms with Gasteiger partial charge in [-0.1, -0.05) is 12.1 Å². The monoisotopic (exact) mass is 494 g/mol. The van der Waals surface area contributed by atoms with Crippen LogP contribution in [-0.2, 0) is 22.5 Å². The minimum Gasteiger partial charge on any atom is -0.383 e. The predicted molar refractivity (Wildman–Crippen MR) is 114 cm³/mol. The zero-order valence-corrected chi connectivity index (χ0v) is 18.7. The van der Waals surface area contributed by atoms with Crippen LogP contribution < -0.4 is 10.6 Å². The van der Waals surface area contributed by atoms with Gasteiger partial charge in [-0.25, -0.2) is 0 Å². The van der Waals surface area contributed by atoms with Gasteiger partial charge >= 0.3 is 0 Å². The summed E-state index contributed by atoms with van der Waals surface area (Å²) in [7, 11) is 3.40. The van der Waals surface area contributed by atoms with Crippen LogP contribution in [0.3, 0.4) is 0 Å². The third kappa shape index (κ3) is 8.01. The van der Waals surface area contributed by atoms with Gasteiger partial charge in [0.25, 0.3) is 0 Å². The average molecular weight is 494 g/mol. The molecule has 1 saturated heterocycles. The van der Waals surface area contributed by atoms with Crippen molar-refractivity contribution in [3.63, 3.8) is 0 Å². The smallest absolute Gasteiger partial charge is 0.234 e. The maximum atomic E-state index is 11.9. The van der Waals surface area contributed by atoms with Crippen LogP contribution in [0.15, 0.2) is 15.6 Å². The fourth-order valence-corrected chi connectivity index (χ4v) is 2.77. The first-order chi connectivity index (χ1) is 12.7. The molecule has 1 aromatic heterocycles. The van der Waals surface area contributed by atoms with E-state index in [0.717, 1.165) is 50.0 Å². The number of ether oxygens (including phenoxy) is 1.